The van der Waals surface area contributed by atoms with E-state index in [9.17, 15) is 14.0 Å². The number of hydroxylamine groups is 1. The first-order valence-electron chi connectivity index (χ1n) is 10.8. The smallest absolute Gasteiger partial charge is 0.319 e. The molecular formula is C23H26FN5O5S. The largest absolute Gasteiger partial charge is 0.454 e. The van der Waals surface area contributed by atoms with Crippen LogP contribution in [0.15, 0.2) is 47.4 Å². The molecule has 12 heteroatoms. The molecule has 0 atom stereocenters. The minimum absolute atomic E-state index is 0.00884. The number of amides is 3. The van der Waals surface area contributed by atoms with E-state index in [-0.39, 0.29) is 24.9 Å². The lowest BCUT2D eigenvalue weighted by molar-refractivity contribution is -0.129. The van der Waals surface area contributed by atoms with Crippen LogP contribution in [0, 0.1) is 17.1 Å². The van der Waals surface area contributed by atoms with Gasteiger partial charge < -0.3 is 19.3 Å². The number of nitriles is 1. The quantitative estimate of drug-likeness (QED) is 0.305. The van der Waals surface area contributed by atoms with E-state index in [0.29, 0.717) is 49.1 Å². The highest BCUT2D eigenvalue weighted by atomic mass is 32.2. The molecule has 186 valence electrons. The number of nitrogens with zero attached hydrogens (tertiary/aromatic N) is 4. The Morgan fingerprint density at radius 3 is 2.57 bits per heavy atom. The second-order valence-corrected chi connectivity index (χ2v) is 8.79. The number of ether oxygens (including phenoxy) is 2. The van der Waals surface area contributed by atoms with Crippen molar-refractivity contribution < 1.29 is 28.7 Å². The molecule has 2 aromatic carbocycles. The van der Waals surface area contributed by atoms with Crippen molar-refractivity contribution in [2.75, 3.05) is 53.0 Å². The van der Waals surface area contributed by atoms with Gasteiger partial charge in [0.2, 0.25) is 0 Å². The zero-order valence-electron chi connectivity index (χ0n) is 19.1. The average molecular weight is 504 g/mol. The summed E-state index contributed by atoms with van der Waals surface area (Å²) in [6, 6.07) is 12.5. The van der Waals surface area contributed by atoms with Gasteiger partial charge in [0.25, 0.3) is 5.91 Å². The van der Waals surface area contributed by atoms with Gasteiger partial charge in [0, 0.05) is 38.1 Å². The van der Waals surface area contributed by atoms with Gasteiger partial charge in [-0.2, -0.15) is 5.26 Å². The fourth-order valence-corrected chi connectivity index (χ4v) is 4.14. The molecule has 0 bridgehead atoms. The lowest BCUT2D eigenvalue weighted by atomic mass is 10.2. The number of nitrogens with one attached hydrogen (secondary N) is 1. The summed E-state index contributed by atoms with van der Waals surface area (Å²) in [5.41, 5.74) is 2.06. The summed E-state index contributed by atoms with van der Waals surface area (Å²) < 4.78 is 27.1. The maximum absolute atomic E-state index is 14.7. The molecule has 3 rings (SSSR count). The molecule has 0 spiro atoms. The number of halogens is 1. The summed E-state index contributed by atoms with van der Waals surface area (Å²) in [5.74, 6) is -0.849. The van der Waals surface area contributed by atoms with Crippen LogP contribution in [-0.2, 0) is 9.53 Å². The Hall–Kier alpha value is -3.37. The zero-order chi connectivity index (χ0) is 25.2. The molecule has 35 heavy (non-hydrogen) atoms. The number of rotatable bonds is 9. The number of urea groups is 1. The summed E-state index contributed by atoms with van der Waals surface area (Å²) in [4.78, 5) is 28.1. The topological polar surface area (TPSA) is 118 Å². The molecule has 1 aliphatic heterocycles. The van der Waals surface area contributed by atoms with E-state index in [1.165, 1.54) is 12.1 Å². The molecule has 10 nitrogen and oxygen atoms in total. The van der Waals surface area contributed by atoms with Crippen molar-refractivity contribution in [3.63, 3.8) is 0 Å². The third-order valence-electron chi connectivity index (χ3n) is 5.09. The van der Waals surface area contributed by atoms with E-state index in [0.717, 1.165) is 11.9 Å². The summed E-state index contributed by atoms with van der Waals surface area (Å²) in [7, 11) is 1.67. The number of morpholine rings is 1. The van der Waals surface area contributed by atoms with Crippen LogP contribution in [0.2, 0.25) is 0 Å². The van der Waals surface area contributed by atoms with E-state index >= 15 is 0 Å². The first-order chi connectivity index (χ1) is 16.9. The van der Waals surface area contributed by atoms with Crippen molar-refractivity contribution in [3.05, 3.63) is 53.8 Å². The van der Waals surface area contributed by atoms with Crippen LogP contribution in [-0.4, -0.2) is 84.2 Å². The third-order valence-corrected chi connectivity index (χ3v) is 6.12. The van der Waals surface area contributed by atoms with E-state index in [2.05, 4.69) is 0 Å². The predicted molar refractivity (Wildman–Crippen MR) is 125 cm³/mol. The first-order valence-corrected chi connectivity index (χ1v) is 11.6. The number of carbonyl (C=O) groups excluding carboxylic acids is 2. The van der Waals surface area contributed by atoms with Gasteiger partial charge in [0.05, 0.1) is 31.4 Å². The molecule has 0 radical (unpaired) electrons. The minimum Gasteiger partial charge on any atom is -0.454 e. The van der Waals surface area contributed by atoms with E-state index in [1.807, 2.05) is 6.07 Å². The Morgan fingerprint density at radius 2 is 1.94 bits per heavy atom. The zero-order valence-corrected chi connectivity index (χ0v) is 20.0. The van der Waals surface area contributed by atoms with E-state index in [1.54, 1.807) is 57.0 Å². The molecule has 0 saturated carbocycles. The van der Waals surface area contributed by atoms with Crippen LogP contribution < -0.4 is 10.2 Å². The summed E-state index contributed by atoms with van der Waals surface area (Å²) >= 11 is 1.11. The van der Waals surface area contributed by atoms with Gasteiger partial charge in [0.15, 0.2) is 11.6 Å². The van der Waals surface area contributed by atoms with Gasteiger partial charge in [-0.15, -0.1) is 0 Å². The SMILES string of the molecule is CN(CCN(CC(=O)NO)Sc1ccc(Oc2ccc(C#N)cc2)c(F)c1)C(=O)N1CCOCC1. The average Bonchev–Trinajstić information content (AvgIpc) is 2.89. The van der Waals surface area contributed by atoms with Crippen LogP contribution in [0.25, 0.3) is 0 Å². The van der Waals surface area contributed by atoms with Crippen LogP contribution >= 0.6 is 11.9 Å². The van der Waals surface area contributed by atoms with Crippen LogP contribution in [0.4, 0.5) is 9.18 Å². The molecule has 1 heterocycles. The fraction of sp³-hybridized carbons (Fsp3) is 0.348. The number of hydrogen-bond donors (Lipinski definition) is 2. The number of benzene rings is 2. The number of carbonyl (C=O) groups is 2. The molecular weight excluding hydrogens is 477 g/mol. The van der Waals surface area contributed by atoms with Crippen molar-refractivity contribution in [1.29, 1.82) is 5.26 Å². The monoisotopic (exact) mass is 503 g/mol. The molecule has 0 aromatic heterocycles. The van der Waals surface area contributed by atoms with Crippen molar-refractivity contribution in [2.45, 2.75) is 4.90 Å². The Labute approximate surface area is 206 Å². The Bertz CT molecular complexity index is 1060. The predicted octanol–water partition coefficient (Wildman–Crippen LogP) is 2.69. The van der Waals surface area contributed by atoms with E-state index < -0.39 is 11.7 Å². The fourth-order valence-electron chi connectivity index (χ4n) is 3.20. The minimum atomic E-state index is -0.638. The molecule has 0 aliphatic carbocycles. The summed E-state index contributed by atoms with van der Waals surface area (Å²) in [5, 5.41) is 17.8. The van der Waals surface area contributed by atoms with Crippen molar-refractivity contribution in [2.24, 2.45) is 0 Å². The summed E-state index contributed by atoms with van der Waals surface area (Å²) in [6.07, 6.45) is 0. The highest BCUT2D eigenvalue weighted by Crippen LogP contribution is 2.30. The van der Waals surface area contributed by atoms with Gasteiger partial charge >= 0.3 is 6.03 Å². The second-order valence-electron chi connectivity index (χ2n) is 7.62. The molecule has 1 aliphatic rings. The van der Waals surface area contributed by atoms with Crippen LogP contribution in [0.5, 0.6) is 11.5 Å². The normalized spacial score (nSPS) is 13.3. The van der Waals surface area contributed by atoms with Crippen LogP contribution in [0.3, 0.4) is 0 Å². The molecule has 1 fully saturated rings. The highest BCUT2D eigenvalue weighted by molar-refractivity contribution is 7.97. The first kappa shape index (κ1) is 26.2. The summed E-state index contributed by atoms with van der Waals surface area (Å²) in [6.45, 7) is 2.45. The van der Waals surface area contributed by atoms with Crippen molar-refractivity contribution in [1.82, 2.24) is 19.6 Å². The molecule has 1 saturated heterocycles. The lowest BCUT2D eigenvalue weighted by Gasteiger charge is -2.32. The molecule has 2 aromatic rings. The molecule has 0 unspecified atom stereocenters. The highest BCUT2D eigenvalue weighted by Gasteiger charge is 2.22. The Kier molecular flexibility index (Phi) is 9.68. The van der Waals surface area contributed by atoms with Crippen molar-refractivity contribution >= 4 is 23.9 Å². The van der Waals surface area contributed by atoms with E-state index in [4.69, 9.17) is 19.9 Å². The van der Waals surface area contributed by atoms with Gasteiger partial charge in [0.1, 0.15) is 5.75 Å². The number of likely N-dealkylation sites (N-methyl/N-ethyl adjacent to an activating group) is 1. The third kappa shape index (κ3) is 7.83. The molecule has 3 amide bonds. The Morgan fingerprint density at radius 1 is 1.23 bits per heavy atom. The van der Waals surface area contributed by atoms with Gasteiger partial charge in [-0.25, -0.2) is 19.0 Å². The number of hydrogen-bond acceptors (Lipinski definition) is 8. The standard InChI is InChI=1S/C23H26FN5O5S/c1-27(23(31)28-10-12-33-13-11-28)8-9-29(16-22(30)26-32)35-19-6-7-21(20(24)14-19)34-18-4-2-17(15-25)3-5-18/h2-7,14,32H,8-13,16H2,1H3,(H,26,30). The maximum atomic E-state index is 14.7. The van der Waals surface area contributed by atoms with Crippen molar-refractivity contribution in [3.8, 4) is 17.6 Å². The van der Waals surface area contributed by atoms with Gasteiger partial charge in [-0.05, 0) is 54.4 Å². The second kappa shape index (κ2) is 12.9. The van der Waals surface area contributed by atoms with Gasteiger partial charge in [-0.1, -0.05) is 0 Å². The Balaban J connectivity index is 1.62. The lowest BCUT2D eigenvalue weighted by Crippen LogP contribution is -2.48. The van der Waals surface area contributed by atoms with Gasteiger partial charge in [-0.3, -0.25) is 10.0 Å². The molecule has 2 N–H and O–H groups in total. The van der Waals surface area contributed by atoms with Crippen LogP contribution in [0.1, 0.15) is 5.56 Å². The maximum Gasteiger partial charge on any atom is 0.319 e.